The van der Waals surface area contributed by atoms with E-state index in [2.05, 4.69) is 10.2 Å². The lowest BCUT2D eigenvalue weighted by Gasteiger charge is -2.17. The van der Waals surface area contributed by atoms with Gasteiger partial charge < -0.3 is 10.2 Å². The van der Waals surface area contributed by atoms with E-state index in [9.17, 15) is 14.4 Å². The number of amides is 3. The summed E-state index contributed by atoms with van der Waals surface area (Å²) in [5.74, 6) is 0.149. The van der Waals surface area contributed by atoms with Gasteiger partial charge >= 0.3 is 0 Å². The minimum absolute atomic E-state index is 0.131. The molecule has 0 saturated carbocycles. The van der Waals surface area contributed by atoms with Crippen LogP contribution in [0.1, 0.15) is 12.8 Å². The fourth-order valence-electron chi connectivity index (χ4n) is 2.07. The van der Waals surface area contributed by atoms with Gasteiger partial charge in [0.25, 0.3) is 5.24 Å². The Labute approximate surface area is 137 Å². The Bertz CT molecular complexity index is 436. The molecule has 0 aromatic rings. The van der Waals surface area contributed by atoms with E-state index in [0.29, 0.717) is 0 Å². The molecule has 2 heterocycles. The molecule has 0 unspecified atom stereocenters. The highest BCUT2D eigenvalue weighted by atomic mass is 32.2. The van der Waals surface area contributed by atoms with Crippen LogP contribution in [0.15, 0.2) is 0 Å². The maximum absolute atomic E-state index is 11.7. The minimum atomic E-state index is -0.237. The summed E-state index contributed by atoms with van der Waals surface area (Å²) in [6.07, 6.45) is 2.31. The molecular weight excluding hydrogens is 330 g/mol. The summed E-state index contributed by atoms with van der Waals surface area (Å²) in [4.78, 5) is 37.7. The van der Waals surface area contributed by atoms with E-state index >= 15 is 0 Å². The molecule has 0 bridgehead atoms. The van der Waals surface area contributed by atoms with Gasteiger partial charge in [-0.15, -0.1) is 0 Å². The second-order valence-corrected chi connectivity index (χ2v) is 7.23. The first-order valence-corrected chi connectivity index (χ1v) is 9.11. The highest BCUT2D eigenvalue weighted by Crippen LogP contribution is 2.18. The second kappa shape index (κ2) is 8.00. The van der Waals surface area contributed by atoms with Gasteiger partial charge in [-0.2, -0.15) is 0 Å². The molecule has 2 aliphatic heterocycles. The third-order valence-electron chi connectivity index (χ3n) is 3.19. The van der Waals surface area contributed by atoms with E-state index in [1.807, 2.05) is 0 Å². The molecule has 6 nitrogen and oxygen atoms in total. The number of rotatable bonds is 5. The summed E-state index contributed by atoms with van der Waals surface area (Å²) >= 11 is 7.63. The Balaban J connectivity index is 1.60. The van der Waals surface area contributed by atoms with Gasteiger partial charge in [0.1, 0.15) is 4.32 Å². The van der Waals surface area contributed by atoms with Crippen molar-refractivity contribution in [3.05, 3.63) is 0 Å². The number of likely N-dealkylation sites (tertiary alicyclic amines) is 1. The van der Waals surface area contributed by atoms with Crippen LogP contribution in [0.25, 0.3) is 0 Å². The van der Waals surface area contributed by atoms with Gasteiger partial charge in [0.2, 0.25) is 11.8 Å². The average molecular weight is 347 g/mol. The van der Waals surface area contributed by atoms with E-state index in [1.165, 1.54) is 16.7 Å². The quantitative estimate of drug-likeness (QED) is 0.741. The number of imide groups is 1. The van der Waals surface area contributed by atoms with Gasteiger partial charge in [0.05, 0.1) is 11.5 Å². The fraction of sp³-hybridized carbons (Fsp3) is 0.667. The molecular formula is C12H17N3O3S3. The average Bonchev–Trinajstić information content (AvgIpc) is 3.09. The summed E-state index contributed by atoms with van der Waals surface area (Å²) in [6.45, 7) is 2.47. The lowest BCUT2D eigenvalue weighted by molar-refractivity contribution is -0.125. The Kier molecular flexibility index (Phi) is 6.31. The first kappa shape index (κ1) is 16.6. The SMILES string of the molecule is O=C(CSC(=S)N1CCCC1)NCCN1C(=O)CSC1=O. The zero-order valence-corrected chi connectivity index (χ0v) is 14.0. The summed E-state index contributed by atoms with van der Waals surface area (Å²) in [6, 6.07) is 0. The number of hydrogen-bond donors (Lipinski definition) is 1. The molecule has 116 valence electrons. The molecule has 0 radical (unpaired) electrons. The van der Waals surface area contributed by atoms with Crippen LogP contribution in [0.4, 0.5) is 4.79 Å². The molecule has 2 fully saturated rings. The fourth-order valence-corrected chi connectivity index (χ4v) is 3.91. The third kappa shape index (κ3) is 4.86. The van der Waals surface area contributed by atoms with Crippen LogP contribution in [0.5, 0.6) is 0 Å². The van der Waals surface area contributed by atoms with E-state index in [0.717, 1.165) is 42.0 Å². The zero-order chi connectivity index (χ0) is 15.2. The molecule has 21 heavy (non-hydrogen) atoms. The number of thioether (sulfide) groups is 2. The molecule has 0 atom stereocenters. The van der Waals surface area contributed by atoms with Crippen molar-refractivity contribution >= 4 is 57.1 Å². The molecule has 0 aromatic carbocycles. The Hall–Kier alpha value is -0.800. The van der Waals surface area contributed by atoms with E-state index < -0.39 is 0 Å². The summed E-state index contributed by atoms with van der Waals surface area (Å²) in [5.41, 5.74) is 0. The first-order valence-electron chi connectivity index (χ1n) is 6.73. The van der Waals surface area contributed by atoms with Crippen LogP contribution in [-0.4, -0.2) is 68.9 Å². The Morgan fingerprint density at radius 1 is 1.33 bits per heavy atom. The normalized spacial score (nSPS) is 18.5. The molecule has 2 aliphatic rings. The summed E-state index contributed by atoms with van der Waals surface area (Å²) < 4.78 is 0.768. The van der Waals surface area contributed by atoms with Gasteiger partial charge in [-0.3, -0.25) is 19.3 Å². The van der Waals surface area contributed by atoms with Crippen LogP contribution in [0.2, 0.25) is 0 Å². The van der Waals surface area contributed by atoms with Crippen LogP contribution in [0.3, 0.4) is 0 Å². The monoisotopic (exact) mass is 347 g/mol. The maximum atomic E-state index is 11.7. The van der Waals surface area contributed by atoms with Crippen LogP contribution < -0.4 is 5.32 Å². The standard InChI is InChI=1S/C12H17N3O3S3/c16-9(7-21-12(19)14-4-1-2-5-14)13-3-6-15-10(17)8-20-11(15)18/h1-8H2,(H,13,16). The summed E-state index contributed by atoms with van der Waals surface area (Å²) in [7, 11) is 0. The van der Waals surface area contributed by atoms with E-state index in [1.54, 1.807) is 0 Å². The molecule has 0 aliphatic carbocycles. The van der Waals surface area contributed by atoms with Gasteiger partial charge in [-0.25, -0.2) is 0 Å². The molecule has 0 spiro atoms. The Morgan fingerprint density at radius 3 is 2.67 bits per heavy atom. The second-order valence-electron chi connectivity index (χ2n) is 4.70. The molecule has 2 saturated heterocycles. The van der Waals surface area contributed by atoms with Crippen molar-refractivity contribution < 1.29 is 14.4 Å². The lowest BCUT2D eigenvalue weighted by atomic mass is 10.4. The van der Waals surface area contributed by atoms with Crippen molar-refractivity contribution in [2.75, 3.05) is 37.7 Å². The predicted octanol–water partition coefficient (Wildman–Crippen LogP) is 0.912. The highest BCUT2D eigenvalue weighted by Gasteiger charge is 2.29. The number of carbonyl (C=O) groups excluding carboxylic acids is 3. The summed E-state index contributed by atoms with van der Waals surface area (Å²) in [5, 5.41) is 2.47. The van der Waals surface area contributed by atoms with Crippen molar-refractivity contribution in [1.82, 2.24) is 15.1 Å². The number of hydrogen-bond acceptors (Lipinski definition) is 6. The maximum Gasteiger partial charge on any atom is 0.288 e. The van der Waals surface area contributed by atoms with Crippen LogP contribution >= 0.6 is 35.7 Å². The van der Waals surface area contributed by atoms with Gasteiger partial charge in [0, 0.05) is 26.2 Å². The van der Waals surface area contributed by atoms with Crippen molar-refractivity contribution in [3.8, 4) is 0 Å². The molecule has 2 rings (SSSR count). The minimum Gasteiger partial charge on any atom is -0.358 e. The van der Waals surface area contributed by atoms with E-state index in [-0.39, 0.29) is 41.6 Å². The Morgan fingerprint density at radius 2 is 2.05 bits per heavy atom. The number of nitrogens with zero attached hydrogens (tertiary/aromatic N) is 2. The van der Waals surface area contributed by atoms with Gasteiger partial charge in [-0.1, -0.05) is 35.7 Å². The largest absolute Gasteiger partial charge is 0.358 e. The van der Waals surface area contributed by atoms with Crippen molar-refractivity contribution in [1.29, 1.82) is 0 Å². The van der Waals surface area contributed by atoms with Crippen molar-refractivity contribution in [3.63, 3.8) is 0 Å². The van der Waals surface area contributed by atoms with Gasteiger partial charge in [0.15, 0.2) is 0 Å². The lowest BCUT2D eigenvalue weighted by Crippen LogP contribution is -2.38. The van der Waals surface area contributed by atoms with Crippen LogP contribution in [0, 0.1) is 0 Å². The van der Waals surface area contributed by atoms with E-state index in [4.69, 9.17) is 12.2 Å². The zero-order valence-electron chi connectivity index (χ0n) is 11.5. The van der Waals surface area contributed by atoms with Crippen molar-refractivity contribution in [2.45, 2.75) is 12.8 Å². The van der Waals surface area contributed by atoms with Crippen molar-refractivity contribution in [2.24, 2.45) is 0 Å². The first-order chi connectivity index (χ1) is 10.1. The molecule has 1 N–H and O–H groups in total. The number of carbonyl (C=O) groups is 3. The highest BCUT2D eigenvalue weighted by molar-refractivity contribution is 8.23. The smallest absolute Gasteiger partial charge is 0.288 e. The molecule has 9 heteroatoms. The third-order valence-corrected chi connectivity index (χ3v) is 5.57. The molecule has 0 aromatic heterocycles. The topological polar surface area (TPSA) is 69.7 Å². The number of thiocarbonyl (C=S) groups is 1. The van der Waals surface area contributed by atoms with Crippen LogP contribution in [-0.2, 0) is 9.59 Å². The van der Waals surface area contributed by atoms with Gasteiger partial charge in [-0.05, 0) is 12.8 Å². The molecule has 3 amide bonds. The predicted molar refractivity (Wildman–Crippen MR) is 88.4 cm³/mol. The number of nitrogens with one attached hydrogen (secondary N) is 1.